The van der Waals surface area contributed by atoms with E-state index in [1.54, 1.807) is 10.7 Å². The summed E-state index contributed by atoms with van der Waals surface area (Å²) >= 11 is 6.12. The van der Waals surface area contributed by atoms with Crippen LogP contribution in [0.3, 0.4) is 0 Å². The first-order valence-electron chi connectivity index (χ1n) is 7.18. The molecule has 0 spiro atoms. The Bertz CT molecular complexity index is 922. The summed E-state index contributed by atoms with van der Waals surface area (Å²) in [7, 11) is 0. The Hall–Kier alpha value is -2.38. The van der Waals surface area contributed by atoms with E-state index in [-0.39, 0.29) is 0 Å². The number of rotatable bonds is 2. The van der Waals surface area contributed by atoms with Gasteiger partial charge in [-0.2, -0.15) is 10.4 Å². The largest absolute Gasteiger partial charge is 0.235 e. The number of halogens is 1. The van der Waals surface area contributed by atoms with Gasteiger partial charge in [-0.3, -0.25) is 0 Å². The van der Waals surface area contributed by atoms with Crippen LogP contribution >= 0.6 is 11.6 Å². The van der Waals surface area contributed by atoms with Gasteiger partial charge >= 0.3 is 0 Å². The molecule has 1 aliphatic rings. The van der Waals surface area contributed by atoms with Crippen LogP contribution in [0.1, 0.15) is 40.5 Å². The van der Waals surface area contributed by atoms with E-state index < -0.39 is 0 Å². The first kappa shape index (κ1) is 13.3. The van der Waals surface area contributed by atoms with Gasteiger partial charge in [-0.1, -0.05) is 23.7 Å². The quantitative estimate of drug-likeness (QED) is 0.723. The molecule has 4 nitrogen and oxygen atoms in total. The van der Waals surface area contributed by atoms with Crippen LogP contribution in [0.2, 0.25) is 5.15 Å². The van der Waals surface area contributed by atoms with Crippen molar-refractivity contribution in [1.82, 2.24) is 14.6 Å². The first-order chi connectivity index (χ1) is 10.7. The molecule has 108 valence electrons. The van der Waals surface area contributed by atoms with Gasteiger partial charge in [0.05, 0.1) is 11.6 Å². The van der Waals surface area contributed by atoms with Crippen molar-refractivity contribution in [2.45, 2.75) is 25.2 Å². The molecule has 0 N–H and O–H groups in total. The zero-order valence-corrected chi connectivity index (χ0v) is 12.7. The number of hydrogen-bond acceptors (Lipinski definition) is 3. The highest BCUT2D eigenvalue weighted by Gasteiger charge is 2.41. The highest BCUT2D eigenvalue weighted by molar-refractivity contribution is 6.29. The summed E-state index contributed by atoms with van der Waals surface area (Å²) in [6.07, 6.45) is 4.63. The smallest absolute Gasteiger partial charge is 0.157 e. The second-order valence-corrected chi connectivity index (χ2v) is 6.14. The standard InChI is InChI=1S/C17H13ClN4/c1-10-6-11(2-3-12(10)9-19)13-7-14(13)15-8-16(18)21-22-5-4-20-17(15)22/h2-6,8,13-14H,7H2,1H3/t13-,14+/m1/s1. The maximum absolute atomic E-state index is 9.04. The number of benzene rings is 1. The van der Waals surface area contributed by atoms with E-state index >= 15 is 0 Å². The predicted octanol–water partition coefficient (Wildman–Crippen LogP) is 3.83. The fraction of sp³-hybridized carbons (Fsp3) is 0.235. The molecule has 0 saturated heterocycles. The van der Waals surface area contributed by atoms with E-state index in [0.29, 0.717) is 17.0 Å². The number of nitriles is 1. The molecule has 0 bridgehead atoms. The third-order valence-electron chi connectivity index (χ3n) is 4.35. The Morgan fingerprint density at radius 3 is 2.95 bits per heavy atom. The monoisotopic (exact) mass is 308 g/mol. The number of fused-ring (bicyclic) bond motifs is 1. The minimum Gasteiger partial charge on any atom is -0.235 e. The Kier molecular flexibility index (Phi) is 2.91. The predicted molar refractivity (Wildman–Crippen MR) is 84.0 cm³/mol. The number of nitrogens with zero attached hydrogens (tertiary/aromatic N) is 4. The number of aromatic nitrogens is 3. The molecule has 1 saturated carbocycles. The SMILES string of the molecule is Cc1cc([C@H]2C[C@@H]2c2cc(Cl)nn3ccnc23)ccc1C#N. The van der Waals surface area contributed by atoms with E-state index in [9.17, 15) is 0 Å². The van der Waals surface area contributed by atoms with Crippen molar-refractivity contribution in [3.05, 3.63) is 64.1 Å². The van der Waals surface area contributed by atoms with Crippen LogP contribution < -0.4 is 0 Å². The van der Waals surface area contributed by atoms with Gasteiger partial charge in [0.15, 0.2) is 5.65 Å². The van der Waals surface area contributed by atoms with Crippen molar-refractivity contribution in [3.63, 3.8) is 0 Å². The minimum atomic E-state index is 0.415. The molecule has 5 heteroatoms. The summed E-state index contributed by atoms with van der Waals surface area (Å²) in [5, 5.41) is 13.7. The van der Waals surface area contributed by atoms with Gasteiger partial charge in [-0.25, -0.2) is 9.50 Å². The summed E-state index contributed by atoms with van der Waals surface area (Å²) < 4.78 is 1.73. The lowest BCUT2D eigenvalue weighted by Crippen LogP contribution is -1.97. The van der Waals surface area contributed by atoms with Gasteiger partial charge < -0.3 is 0 Å². The van der Waals surface area contributed by atoms with Gasteiger partial charge in [0.2, 0.25) is 0 Å². The molecule has 2 aromatic heterocycles. The molecule has 0 amide bonds. The number of hydrogen-bond donors (Lipinski definition) is 0. The Balaban J connectivity index is 1.70. The summed E-state index contributed by atoms with van der Waals surface area (Å²) in [6.45, 7) is 1.98. The van der Waals surface area contributed by atoms with Gasteiger partial charge in [0.25, 0.3) is 0 Å². The molecule has 4 rings (SSSR count). The average Bonchev–Trinajstić information content (AvgIpc) is 3.16. The van der Waals surface area contributed by atoms with Crippen molar-refractivity contribution in [2.24, 2.45) is 0 Å². The third kappa shape index (κ3) is 2.06. The maximum atomic E-state index is 9.04. The number of imidazole rings is 1. The average molecular weight is 309 g/mol. The van der Waals surface area contributed by atoms with Crippen LogP contribution in [0.4, 0.5) is 0 Å². The lowest BCUT2D eigenvalue weighted by Gasteiger charge is -2.06. The zero-order valence-electron chi connectivity index (χ0n) is 12.0. The van der Waals surface area contributed by atoms with Crippen LogP contribution in [0.25, 0.3) is 5.65 Å². The lowest BCUT2D eigenvalue weighted by atomic mass is 10.0. The Morgan fingerprint density at radius 1 is 1.32 bits per heavy atom. The molecular formula is C17H13ClN4. The van der Waals surface area contributed by atoms with Crippen LogP contribution in [0, 0.1) is 18.3 Å². The molecule has 1 aromatic carbocycles. The van der Waals surface area contributed by atoms with Gasteiger partial charge in [0.1, 0.15) is 5.15 Å². The molecule has 0 aliphatic heterocycles. The highest BCUT2D eigenvalue weighted by atomic mass is 35.5. The van der Waals surface area contributed by atoms with Gasteiger partial charge in [0, 0.05) is 18.0 Å². The van der Waals surface area contributed by atoms with E-state index in [0.717, 1.165) is 28.8 Å². The van der Waals surface area contributed by atoms with Crippen LogP contribution in [0.5, 0.6) is 0 Å². The molecule has 22 heavy (non-hydrogen) atoms. The van der Waals surface area contributed by atoms with Crippen LogP contribution in [0.15, 0.2) is 36.7 Å². The Morgan fingerprint density at radius 2 is 2.18 bits per heavy atom. The summed E-state index contributed by atoms with van der Waals surface area (Å²) in [4.78, 5) is 4.39. The summed E-state index contributed by atoms with van der Waals surface area (Å²) in [6, 6.07) is 10.2. The van der Waals surface area contributed by atoms with Crippen molar-refractivity contribution in [2.75, 3.05) is 0 Å². The fourth-order valence-corrected chi connectivity index (χ4v) is 3.33. The third-order valence-corrected chi connectivity index (χ3v) is 4.53. The molecule has 3 aromatic rings. The molecular weight excluding hydrogens is 296 g/mol. The molecule has 2 atom stereocenters. The van der Waals surface area contributed by atoms with Crippen molar-refractivity contribution >= 4 is 17.2 Å². The first-order valence-corrected chi connectivity index (χ1v) is 7.55. The zero-order chi connectivity index (χ0) is 15.3. The second kappa shape index (κ2) is 4.82. The summed E-state index contributed by atoms with van der Waals surface area (Å²) in [5.74, 6) is 0.878. The van der Waals surface area contributed by atoms with Gasteiger partial charge in [-0.15, -0.1) is 0 Å². The normalized spacial score (nSPS) is 20.0. The highest BCUT2D eigenvalue weighted by Crippen LogP contribution is 2.55. The topological polar surface area (TPSA) is 54.0 Å². The van der Waals surface area contributed by atoms with Crippen LogP contribution in [-0.2, 0) is 0 Å². The van der Waals surface area contributed by atoms with E-state index in [1.807, 2.05) is 25.3 Å². The van der Waals surface area contributed by atoms with Crippen LogP contribution in [-0.4, -0.2) is 14.6 Å². The second-order valence-electron chi connectivity index (χ2n) is 5.75. The van der Waals surface area contributed by atoms with Gasteiger partial charge in [-0.05, 0) is 48.4 Å². The Labute approximate surface area is 133 Å². The molecule has 2 heterocycles. The van der Waals surface area contributed by atoms with E-state index in [2.05, 4.69) is 28.3 Å². The minimum absolute atomic E-state index is 0.415. The maximum Gasteiger partial charge on any atom is 0.157 e. The number of aryl methyl sites for hydroxylation is 1. The van der Waals surface area contributed by atoms with Crippen molar-refractivity contribution < 1.29 is 0 Å². The molecule has 0 radical (unpaired) electrons. The fourth-order valence-electron chi connectivity index (χ4n) is 3.13. The summed E-state index contributed by atoms with van der Waals surface area (Å²) in [5.41, 5.74) is 5.08. The molecule has 1 fully saturated rings. The lowest BCUT2D eigenvalue weighted by molar-refractivity contribution is 0.905. The van der Waals surface area contributed by atoms with Crippen molar-refractivity contribution in [3.8, 4) is 6.07 Å². The molecule has 0 unspecified atom stereocenters. The molecule has 1 aliphatic carbocycles. The van der Waals surface area contributed by atoms with Crippen molar-refractivity contribution in [1.29, 1.82) is 5.26 Å². The van der Waals surface area contributed by atoms with E-state index in [1.165, 1.54) is 5.56 Å². The van der Waals surface area contributed by atoms with E-state index in [4.69, 9.17) is 16.9 Å².